The largest absolute Gasteiger partial charge is 0.391 e. The van der Waals surface area contributed by atoms with Gasteiger partial charge in [0, 0.05) is 6.04 Å². The Balaban J connectivity index is 1.84. The molecule has 0 aromatic rings. The molecule has 3 nitrogen and oxygen atoms in total. The van der Waals surface area contributed by atoms with Crippen molar-refractivity contribution in [3.8, 4) is 0 Å². The SMILES string of the molecule is CCC1CCNC(C(=O)NC2CCCC(C(F)(F)F)C2)C1. The molecular formula is C15H25F3N2O. The van der Waals surface area contributed by atoms with Gasteiger partial charge in [-0.15, -0.1) is 0 Å². The molecule has 1 aliphatic carbocycles. The molecule has 0 radical (unpaired) electrons. The molecule has 0 spiro atoms. The number of alkyl halides is 3. The van der Waals surface area contributed by atoms with Crippen LogP contribution in [0, 0.1) is 11.8 Å². The van der Waals surface area contributed by atoms with Crippen LogP contribution in [-0.4, -0.2) is 30.7 Å². The molecule has 2 rings (SSSR count). The zero-order valence-electron chi connectivity index (χ0n) is 12.5. The number of hydrogen-bond donors (Lipinski definition) is 2. The van der Waals surface area contributed by atoms with Gasteiger partial charge >= 0.3 is 6.18 Å². The topological polar surface area (TPSA) is 41.1 Å². The molecule has 1 saturated heterocycles. The van der Waals surface area contributed by atoms with E-state index in [2.05, 4.69) is 17.6 Å². The van der Waals surface area contributed by atoms with Crippen LogP contribution in [0.15, 0.2) is 0 Å². The first kappa shape index (κ1) is 16.6. The first-order chi connectivity index (χ1) is 9.90. The monoisotopic (exact) mass is 306 g/mol. The third-order valence-corrected chi connectivity index (χ3v) is 4.89. The summed E-state index contributed by atoms with van der Waals surface area (Å²) < 4.78 is 38.3. The highest BCUT2D eigenvalue weighted by atomic mass is 19.4. The highest BCUT2D eigenvalue weighted by Crippen LogP contribution is 2.37. The molecule has 4 atom stereocenters. The second-order valence-electron chi connectivity index (χ2n) is 6.42. The Hall–Kier alpha value is -0.780. The van der Waals surface area contributed by atoms with Crippen LogP contribution >= 0.6 is 0 Å². The van der Waals surface area contributed by atoms with Crippen LogP contribution < -0.4 is 10.6 Å². The minimum atomic E-state index is -4.14. The van der Waals surface area contributed by atoms with Crippen molar-refractivity contribution in [1.82, 2.24) is 10.6 Å². The average molecular weight is 306 g/mol. The lowest BCUT2D eigenvalue weighted by Crippen LogP contribution is -2.52. The van der Waals surface area contributed by atoms with Crippen molar-refractivity contribution in [1.29, 1.82) is 0 Å². The first-order valence-electron chi connectivity index (χ1n) is 8.00. The van der Waals surface area contributed by atoms with Crippen LogP contribution in [0.4, 0.5) is 13.2 Å². The zero-order valence-corrected chi connectivity index (χ0v) is 12.5. The van der Waals surface area contributed by atoms with E-state index < -0.39 is 12.1 Å². The number of carbonyl (C=O) groups excluding carboxylic acids is 1. The minimum absolute atomic E-state index is 0.0270. The van der Waals surface area contributed by atoms with Crippen LogP contribution in [0.3, 0.4) is 0 Å². The molecule has 2 aliphatic rings. The van der Waals surface area contributed by atoms with Crippen molar-refractivity contribution in [2.45, 2.75) is 70.1 Å². The van der Waals surface area contributed by atoms with E-state index in [9.17, 15) is 18.0 Å². The minimum Gasteiger partial charge on any atom is -0.352 e. The third kappa shape index (κ3) is 4.59. The Morgan fingerprint density at radius 2 is 2.00 bits per heavy atom. The average Bonchev–Trinajstić information content (AvgIpc) is 2.46. The summed E-state index contributed by atoms with van der Waals surface area (Å²) in [5.41, 5.74) is 0. The summed E-state index contributed by atoms with van der Waals surface area (Å²) in [7, 11) is 0. The second kappa shape index (κ2) is 6.99. The summed E-state index contributed by atoms with van der Waals surface area (Å²) in [6.45, 7) is 2.92. The molecule has 6 heteroatoms. The van der Waals surface area contributed by atoms with E-state index in [0.29, 0.717) is 18.8 Å². The molecule has 0 bridgehead atoms. The number of piperidine rings is 1. The summed E-state index contributed by atoms with van der Waals surface area (Å²) >= 11 is 0. The van der Waals surface area contributed by atoms with Gasteiger partial charge in [-0.2, -0.15) is 13.2 Å². The van der Waals surface area contributed by atoms with Crippen LogP contribution in [-0.2, 0) is 4.79 Å². The van der Waals surface area contributed by atoms with Crippen LogP contribution in [0.5, 0.6) is 0 Å². The smallest absolute Gasteiger partial charge is 0.352 e. The molecule has 1 heterocycles. The Bertz CT molecular complexity index is 359. The number of nitrogens with one attached hydrogen (secondary N) is 2. The number of hydrogen-bond acceptors (Lipinski definition) is 2. The van der Waals surface area contributed by atoms with Gasteiger partial charge in [0.25, 0.3) is 0 Å². The van der Waals surface area contributed by atoms with E-state index in [1.54, 1.807) is 0 Å². The van der Waals surface area contributed by atoms with Gasteiger partial charge in [-0.3, -0.25) is 4.79 Å². The standard InChI is InChI=1S/C15H25F3N2O/c1-2-10-6-7-19-13(8-10)14(21)20-12-5-3-4-11(9-12)15(16,17)18/h10-13,19H,2-9H2,1H3,(H,20,21). The number of rotatable bonds is 3. The summed E-state index contributed by atoms with van der Waals surface area (Å²) in [5, 5.41) is 6.01. The highest BCUT2D eigenvalue weighted by molar-refractivity contribution is 5.82. The Morgan fingerprint density at radius 3 is 2.67 bits per heavy atom. The van der Waals surface area contributed by atoms with Crippen LogP contribution in [0.2, 0.25) is 0 Å². The van der Waals surface area contributed by atoms with Crippen molar-refractivity contribution in [3.05, 3.63) is 0 Å². The third-order valence-electron chi connectivity index (χ3n) is 4.89. The predicted octanol–water partition coefficient (Wildman–Crippen LogP) is 3.00. The molecule has 1 saturated carbocycles. The van der Waals surface area contributed by atoms with Gasteiger partial charge in [0.15, 0.2) is 0 Å². The fraction of sp³-hybridized carbons (Fsp3) is 0.933. The molecule has 0 aromatic carbocycles. The quantitative estimate of drug-likeness (QED) is 0.841. The predicted molar refractivity (Wildman–Crippen MR) is 74.7 cm³/mol. The van der Waals surface area contributed by atoms with E-state index in [1.165, 1.54) is 0 Å². The van der Waals surface area contributed by atoms with Crippen LogP contribution in [0.25, 0.3) is 0 Å². The zero-order chi connectivity index (χ0) is 15.5. The van der Waals surface area contributed by atoms with E-state index >= 15 is 0 Å². The van der Waals surface area contributed by atoms with E-state index in [-0.39, 0.29) is 30.8 Å². The maximum Gasteiger partial charge on any atom is 0.391 e. The fourth-order valence-corrected chi connectivity index (χ4v) is 3.49. The molecule has 21 heavy (non-hydrogen) atoms. The van der Waals surface area contributed by atoms with E-state index in [0.717, 1.165) is 25.8 Å². The molecule has 1 amide bonds. The van der Waals surface area contributed by atoms with Crippen molar-refractivity contribution in [2.24, 2.45) is 11.8 Å². The lowest BCUT2D eigenvalue weighted by Gasteiger charge is -2.34. The summed E-state index contributed by atoms with van der Waals surface area (Å²) in [4.78, 5) is 12.2. The number of halogens is 3. The van der Waals surface area contributed by atoms with Crippen LogP contribution in [0.1, 0.15) is 51.9 Å². The van der Waals surface area contributed by atoms with Gasteiger partial charge in [0.2, 0.25) is 5.91 Å². The highest BCUT2D eigenvalue weighted by Gasteiger charge is 2.42. The lowest BCUT2D eigenvalue weighted by molar-refractivity contribution is -0.184. The fourth-order valence-electron chi connectivity index (χ4n) is 3.49. The second-order valence-corrected chi connectivity index (χ2v) is 6.42. The summed E-state index contributed by atoms with van der Waals surface area (Å²) in [5.74, 6) is -0.850. The summed E-state index contributed by atoms with van der Waals surface area (Å²) in [6.07, 6.45) is 0.171. The van der Waals surface area contributed by atoms with Gasteiger partial charge in [-0.25, -0.2) is 0 Å². The van der Waals surface area contributed by atoms with Gasteiger partial charge in [-0.05, 0) is 44.6 Å². The number of carbonyl (C=O) groups is 1. The van der Waals surface area contributed by atoms with Gasteiger partial charge in [0.1, 0.15) is 0 Å². The molecule has 122 valence electrons. The Labute approximate surface area is 124 Å². The summed E-state index contributed by atoms with van der Waals surface area (Å²) in [6, 6.07) is -0.573. The number of amides is 1. The maximum absolute atomic E-state index is 12.8. The molecule has 4 unspecified atom stereocenters. The van der Waals surface area contributed by atoms with Crippen molar-refractivity contribution < 1.29 is 18.0 Å². The molecular weight excluding hydrogens is 281 g/mol. The van der Waals surface area contributed by atoms with Gasteiger partial charge < -0.3 is 10.6 Å². The molecule has 1 aliphatic heterocycles. The maximum atomic E-state index is 12.8. The Kier molecular flexibility index (Phi) is 5.52. The van der Waals surface area contributed by atoms with E-state index in [1.807, 2.05) is 0 Å². The van der Waals surface area contributed by atoms with Gasteiger partial charge in [0.05, 0.1) is 12.0 Å². The van der Waals surface area contributed by atoms with E-state index in [4.69, 9.17) is 0 Å². The first-order valence-corrected chi connectivity index (χ1v) is 8.00. The van der Waals surface area contributed by atoms with Gasteiger partial charge in [-0.1, -0.05) is 19.8 Å². The normalized spacial score (nSPS) is 34.5. The molecule has 2 N–H and O–H groups in total. The van der Waals surface area contributed by atoms with Crippen molar-refractivity contribution in [2.75, 3.05) is 6.54 Å². The Morgan fingerprint density at radius 1 is 1.24 bits per heavy atom. The lowest BCUT2D eigenvalue weighted by atomic mass is 9.84. The molecule has 2 fully saturated rings. The molecule has 0 aromatic heterocycles. The van der Waals surface area contributed by atoms with Crippen molar-refractivity contribution in [3.63, 3.8) is 0 Å². The van der Waals surface area contributed by atoms with Crippen molar-refractivity contribution >= 4 is 5.91 Å².